The van der Waals surface area contributed by atoms with Crippen LogP contribution in [0.15, 0.2) is 12.2 Å². The number of nitrogens with one attached hydrogen (secondary N) is 2. The van der Waals surface area contributed by atoms with Crippen molar-refractivity contribution < 1.29 is 14.7 Å². The van der Waals surface area contributed by atoms with Crippen molar-refractivity contribution in [3.63, 3.8) is 0 Å². The quantitative estimate of drug-likeness (QED) is 0.123. The summed E-state index contributed by atoms with van der Waals surface area (Å²) in [4.78, 5) is 23.6. The lowest BCUT2D eigenvalue weighted by molar-refractivity contribution is -0.144. The fourth-order valence-corrected chi connectivity index (χ4v) is 4.50. The normalized spacial score (nSPS) is 12.7. The van der Waals surface area contributed by atoms with Crippen LogP contribution in [-0.4, -0.2) is 33.7 Å². The van der Waals surface area contributed by atoms with E-state index in [-0.39, 0.29) is 17.9 Å². The Bertz CT molecular complexity index is 743. The molecule has 0 aromatic carbocycles. The van der Waals surface area contributed by atoms with E-state index in [1.807, 2.05) is 20.8 Å². The number of allylic oxidation sites excluding steroid dienone is 2. The van der Waals surface area contributed by atoms with Gasteiger partial charge in [-0.3, -0.25) is 9.59 Å². The molecule has 1 rings (SSSR count). The van der Waals surface area contributed by atoms with E-state index in [1.54, 1.807) is 0 Å². The van der Waals surface area contributed by atoms with E-state index >= 15 is 0 Å². The number of aliphatic carboxylic acids is 1. The topological polar surface area (TPSA) is 104 Å². The summed E-state index contributed by atoms with van der Waals surface area (Å²) in [7, 11) is 0. The Morgan fingerprint density at radius 3 is 2.00 bits per heavy atom. The Morgan fingerprint density at radius 1 is 0.886 bits per heavy atom. The summed E-state index contributed by atoms with van der Waals surface area (Å²) in [6, 6.07) is 0. The number of anilines is 2. The zero-order chi connectivity index (χ0) is 25.9. The summed E-state index contributed by atoms with van der Waals surface area (Å²) in [5.41, 5.74) is -0.371. The largest absolute Gasteiger partial charge is 0.481 e. The average Bonchev–Trinajstić information content (AvgIpc) is 3.22. The van der Waals surface area contributed by atoms with Gasteiger partial charge >= 0.3 is 5.97 Å². The number of unbranched alkanes of at least 4 members (excludes halogenated alkanes) is 11. The van der Waals surface area contributed by atoms with Gasteiger partial charge in [-0.25, -0.2) is 0 Å². The fourth-order valence-electron chi connectivity index (χ4n) is 3.84. The number of carboxylic acids is 1. The summed E-state index contributed by atoms with van der Waals surface area (Å²) in [6.45, 7) is 8.21. The smallest absolute Gasteiger partial charge is 0.308 e. The Labute approximate surface area is 216 Å². The van der Waals surface area contributed by atoms with Crippen molar-refractivity contribution in [3.8, 4) is 0 Å². The lowest BCUT2D eigenvalue weighted by Crippen LogP contribution is -2.34. The van der Waals surface area contributed by atoms with Gasteiger partial charge in [0.1, 0.15) is 0 Å². The highest BCUT2D eigenvalue weighted by Gasteiger charge is 2.31. The maximum absolute atomic E-state index is 12.2. The van der Waals surface area contributed by atoms with E-state index in [9.17, 15) is 14.7 Å². The molecule has 0 saturated carbocycles. The molecular weight excluding hydrogens is 460 g/mol. The third-order valence-electron chi connectivity index (χ3n) is 6.14. The van der Waals surface area contributed by atoms with E-state index in [0.717, 1.165) is 25.7 Å². The van der Waals surface area contributed by atoms with Gasteiger partial charge < -0.3 is 15.7 Å². The van der Waals surface area contributed by atoms with Gasteiger partial charge in [-0.15, -0.1) is 10.2 Å². The van der Waals surface area contributed by atoms with Crippen LogP contribution in [0.25, 0.3) is 0 Å². The molecule has 8 heteroatoms. The first-order valence-corrected chi connectivity index (χ1v) is 14.3. The van der Waals surface area contributed by atoms with Crippen molar-refractivity contribution in [2.24, 2.45) is 11.3 Å². The number of carbonyl (C=O) groups is 2. The predicted octanol–water partition coefficient (Wildman–Crippen LogP) is 7.67. The number of carboxylic acid groups (broad SMARTS) is 1. The predicted molar refractivity (Wildman–Crippen MR) is 147 cm³/mol. The number of rotatable bonds is 20. The molecule has 7 nitrogen and oxygen atoms in total. The number of carbonyl (C=O) groups excluding carboxylic acids is 1. The van der Waals surface area contributed by atoms with Crippen LogP contribution in [0.5, 0.6) is 0 Å². The molecule has 0 fully saturated rings. The first kappa shape index (κ1) is 31.1. The second-order valence-electron chi connectivity index (χ2n) is 10.4. The number of amides is 1. The Kier molecular flexibility index (Phi) is 16.3. The molecule has 1 atom stereocenters. The number of aromatic nitrogens is 2. The van der Waals surface area contributed by atoms with Gasteiger partial charge in [-0.2, -0.15) is 0 Å². The molecule has 0 aliphatic rings. The van der Waals surface area contributed by atoms with Gasteiger partial charge in [0.25, 0.3) is 0 Å². The van der Waals surface area contributed by atoms with Crippen molar-refractivity contribution in [1.82, 2.24) is 10.2 Å². The maximum Gasteiger partial charge on any atom is 0.308 e. The van der Waals surface area contributed by atoms with Gasteiger partial charge in [-0.05, 0) is 37.5 Å². The average molecular weight is 509 g/mol. The molecule has 1 heterocycles. The second-order valence-corrected chi connectivity index (χ2v) is 11.4. The molecule has 0 spiro atoms. The van der Waals surface area contributed by atoms with Crippen molar-refractivity contribution in [2.75, 3.05) is 17.2 Å². The van der Waals surface area contributed by atoms with Crippen molar-refractivity contribution in [3.05, 3.63) is 12.2 Å². The summed E-state index contributed by atoms with van der Waals surface area (Å²) in [5, 5.41) is 24.2. The monoisotopic (exact) mass is 508 g/mol. The van der Waals surface area contributed by atoms with Crippen LogP contribution in [0, 0.1) is 11.3 Å². The maximum atomic E-state index is 12.2. The molecule has 200 valence electrons. The Hall–Kier alpha value is -1.96. The number of hydrogen-bond acceptors (Lipinski definition) is 6. The van der Waals surface area contributed by atoms with Crippen molar-refractivity contribution in [2.45, 2.75) is 118 Å². The molecule has 35 heavy (non-hydrogen) atoms. The molecule has 3 N–H and O–H groups in total. The van der Waals surface area contributed by atoms with Crippen molar-refractivity contribution in [1.29, 1.82) is 0 Å². The molecule has 0 radical (unpaired) electrons. The van der Waals surface area contributed by atoms with Crippen LogP contribution in [0.3, 0.4) is 0 Å². The number of nitrogens with zero attached hydrogens (tertiary/aromatic N) is 2. The standard InChI is InChI=1S/C27H48N4O3S/c1-5-6-7-8-9-10-11-12-13-14-15-16-17-18-19-20-23(32)29-26-31-30-25(35-26)28-21-22(24(33)34)27(2,3)4/h12-13,22H,5-11,14-21H2,1-4H3,(H,28,30)(H,33,34)(H,29,31,32)/b13-12+. The molecular formula is C27H48N4O3S. The zero-order valence-electron chi connectivity index (χ0n) is 22.4. The van der Waals surface area contributed by atoms with E-state index in [2.05, 4.69) is 39.9 Å². The minimum absolute atomic E-state index is 0.0524. The lowest BCUT2D eigenvalue weighted by Gasteiger charge is -2.26. The second kappa shape index (κ2) is 18.3. The highest BCUT2D eigenvalue weighted by molar-refractivity contribution is 7.19. The van der Waals surface area contributed by atoms with Crippen LogP contribution in [0.2, 0.25) is 0 Å². The SMILES string of the molecule is CCCCCCCC/C=C/CCCCCCCC(=O)Nc1nnc(NCC(C(=O)O)C(C)(C)C)s1. The summed E-state index contributed by atoms with van der Waals surface area (Å²) >= 11 is 1.22. The molecule has 1 unspecified atom stereocenters. The van der Waals surface area contributed by atoms with Crippen LogP contribution in [0.1, 0.15) is 118 Å². The highest BCUT2D eigenvalue weighted by atomic mass is 32.1. The molecule has 0 saturated heterocycles. The minimum Gasteiger partial charge on any atom is -0.481 e. The summed E-state index contributed by atoms with van der Waals surface area (Å²) in [5.74, 6) is -1.45. The molecule has 1 amide bonds. The third-order valence-corrected chi connectivity index (χ3v) is 6.93. The highest BCUT2D eigenvalue weighted by Crippen LogP contribution is 2.28. The van der Waals surface area contributed by atoms with E-state index in [0.29, 0.717) is 16.7 Å². The summed E-state index contributed by atoms with van der Waals surface area (Å²) < 4.78 is 0. The van der Waals surface area contributed by atoms with E-state index in [4.69, 9.17) is 0 Å². The summed E-state index contributed by atoms with van der Waals surface area (Å²) in [6.07, 6.45) is 21.2. The van der Waals surface area contributed by atoms with Crippen molar-refractivity contribution >= 4 is 33.5 Å². The van der Waals surface area contributed by atoms with Gasteiger partial charge in [0.15, 0.2) is 0 Å². The zero-order valence-corrected chi connectivity index (χ0v) is 23.2. The van der Waals surface area contributed by atoms with Gasteiger partial charge in [0, 0.05) is 13.0 Å². The molecule has 0 bridgehead atoms. The van der Waals surface area contributed by atoms with Crippen LogP contribution in [-0.2, 0) is 9.59 Å². The Balaban J connectivity index is 2.07. The van der Waals surface area contributed by atoms with Gasteiger partial charge in [0.2, 0.25) is 16.2 Å². The Morgan fingerprint density at radius 2 is 1.43 bits per heavy atom. The molecule has 0 aliphatic heterocycles. The van der Waals surface area contributed by atoms with E-state index < -0.39 is 11.9 Å². The fraction of sp³-hybridized carbons (Fsp3) is 0.778. The molecule has 0 aliphatic carbocycles. The van der Waals surface area contributed by atoms with E-state index in [1.165, 1.54) is 69.1 Å². The van der Waals surface area contributed by atoms with Crippen LogP contribution in [0.4, 0.5) is 10.3 Å². The van der Waals surface area contributed by atoms with Crippen LogP contribution < -0.4 is 10.6 Å². The molecule has 1 aromatic heterocycles. The van der Waals surface area contributed by atoms with Gasteiger partial charge in [0.05, 0.1) is 5.92 Å². The minimum atomic E-state index is -0.844. The number of hydrogen-bond donors (Lipinski definition) is 3. The first-order valence-electron chi connectivity index (χ1n) is 13.5. The lowest BCUT2D eigenvalue weighted by atomic mass is 9.81. The first-order chi connectivity index (χ1) is 16.7. The van der Waals surface area contributed by atoms with Crippen LogP contribution >= 0.6 is 11.3 Å². The third kappa shape index (κ3) is 15.6. The van der Waals surface area contributed by atoms with Gasteiger partial charge in [-0.1, -0.05) is 103 Å². The molecule has 1 aromatic rings.